The Kier molecular flexibility index (Phi) is 2.84. The van der Waals surface area contributed by atoms with Crippen molar-refractivity contribution in [3.05, 3.63) is 29.3 Å². The minimum absolute atomic E-state index is 0.631. The first-order valence-electron chi connectivity index (χ1n) is 3.86. The quantitative estimate of drug-likeness (QED) is 0.654. The molecule has 61 valence electrons. The van der Waals surface area contributed by atoms with Crippen LogP contribution in [0.3, 0.4) is 0 Å². The first-order chi connectivity index (χ1) is 5.11. The molecule has 0 atom stereocenters. The van der Waals surface area contributed by atoms with E-state index in [0.717, 1.165) is 0 Å². The molecule has 1 aromatic rings. The average Bonchev–Trinajstić information content (AvgIpc) is 1.94. The van der Waals surface area contributed by atoms with Crippen molar-refractivity contribution in [2.75, 3.05) is 0 Å². The van der Waals surface area contributed by atoms with Gasteiger partial charge in [0.25, 0.3) is 0 Å². The Morgan fingerprint density at radius 3 is 2.36 bits per heavy atom. The summed E-state index contributed by atoms with van der Waals surface area (Å²) in [7, 11) is 0. The van der Waals surface area contributed by atoms with Gasteiger partial charge in [-0.25, -0.2) is 0 Å². The van der Waals surface area contributed by atoms with E-state index in [2.05, 4.69) is 57.3 Å². The number of hydrogen-bond acceptors (Lipinski definition) is 0. The van der Waals surface area contributed by atoms with E-state index in [1.54, 1.807) is 0 Å². The van der Waals surface area contributed by atoms with Crippen LogP contribution in [0.5, 0.6) is 0 Å². The summed E-state index contributed by atoms with van der Waals surface area (Å²) in [5, 5.41) is 0. The predicted octanol–water partition coefficient (Wildman–Crippen LogP) is 2.29. The van der Waals surface area contributed by atoms with Gasteiger partial charge in [-0.05, 0) is 0 Å². The summed E-state index contributed by atoms with van der Waals surface area (Å²) < 4.78 is 1.34. The molecule has 0 aromatic heterocycles. The molecule has 0 heterocycles. The second-order valence-electron chi connectivity index (χ2n) is 3.17. The molecule has 11 heavy (non-hydrogen) atoms. The molecule has 0 aliphatic carbocycles. The Morgan fingerprint density at radius 2 is 1.91 bits per heavy atom. The van der Waals surface area contributed by atoms with Gasteiger partial charge in [-0.1, -0.05) is 0 Å². The summed E-state index contributed by atoms with van der Waals surface area (Å²) >= 11 is 2.68. The molecule has 0 N–H and O–H groups in total. The van der Waals surface area contributed by atoms with Crippen LogP contribution in [0, 0.1) is 6.92 Å². The van der Waals surface area contributed by atoms with Crippen LogP contribution >= 0.6 is 0 Å². The van der Waals surface area contributed by atoms with E-state index in [4.69, 9.17) is 0 Å². The number of benzene rings is 1. The standard InChI is InChI=1S/C10H13.Ru/c1-8(2)10-6-4-5-9(3)7-10;/h4-5,7-8H,1-3H3;. The predicted molar refractivity (Wildman–Crippen MR) is 44.9 cm³/mol. The van der Waals surface area contributed by atoms with E-state index in [0.29, 0.717) is 5.92 Å². The molecule has 0 spiro atoms. The van der Waals surface area contributed by atoms with E-state index in [1.807, 2.05) is 0 Å². The van der Waals surface area contributed by atoms with Crippen molar-refractivity contribution >= 4 is 4.16 Å². The van der Waals surface area contributed by atoms with Gasteiger partial charge in [-0.15, -0.1) is 0 Å². The molecule has 0 nitrogen and oxygen atoms in total. The minimum atomic E-state index is 0.631. The zero-order valence-corrected chi connectivity index (χ0v) is 8.90. The third kappa shape index (κ3) is 2.13. The van der Waals surface area contributed by atoms with Crippen molar-refractivity contribution in [1.82, 2.24) is 0 Å². The molecular formula is C10H13Ru. The fourth-order valence-electron chi connectivity index (χ4n) is 1.09. The van der Waals surface area contributed by atoms with Gasteiger partial charge in [0.1, 0.15) is 0 Å². The van der Waals surface area contributed by atoms with E-state index in [1.165, 1.54) is 15.3 Å². The van der Waals surface area contributed by atoms with E-state index in [-0.39, 0.29) is 0 Å². The van der Waals surface area contributed by atoms with Gasteiger partial charge in [0, 0.05) is 0 Å². The molecule has 1 aromatic carbocycles. The Bertz CT molecular complexity index is 251. The van der Waals surface area contributed by atoms with Crippen LogP contribution < -0.4 is 4.16 Å². The normalized spacial score (nSPS) is 10.6. The fraction of sp³-hybridized carbons (Fsp3) is 0.400. The Balaban J connectivity index is 3.13. The van der Waals surface area contributed by atoms with Crippen LogP contribution in [0.15, 0.2) is 18.2 Å². The molecule has 0 unspecified atom stereocenters. The van der Waals surface area contributed by atoms with Gasteiger partial charge in [-0.2, -0.15) is 0 Å². The summed E-state index contributed by atoms with van der Waals surface area (Å²) in [5.74, 6) is 0.631. The summed E-state index contributed by atoms with van der Waals surface area (Å²) in [5.41, 5.74) is 2.80. The van der Waals surface area contributed by atoms with Crippen molar-refractivity contribution in [2.24, 2.45) is 0 Å². The summed E-state index contributed by atoms with van der Waals surface area (Å²) in [4.78, 5) is 0. The van der Waals surface area contributed by atoms with Gasteiger partial charge in [-0.3, -0.25) is 0 Å². The maximum absolute atomic E-state index is 2.68. The van der Waals surface area contributed by atoms with E-state index >= 15 is 0 Å². The molecule has 0 radical (unpaired) electrons. The van der Waals surface area contributed by atoms with Gasteiger partial charge in [0.05, 0.1) is 0 Å². The van der Waals surface area contributed by atoms with Crippen molar-refractivity contribution in [1.29, 1.82) is 0 Å². The first kappa shape index (κ1) is 8.94. The monoisotopic (exact) mass is 235 g/mol. The fourth-order valence-corrected chi connectivity index (χ4v) is 1.87. The maximum atomic E-state index is 2.68. The zero-order valence-electron chi connectivity index (χ0n) is 7.16. The third-order valence-corrected chi connectivity index (χ3v) is 2.55. The van der Waals surface area contributed by atoms with Crippen LogP contribution in [0.1, 0.15) is 30.9 Å². The van der Waals surface area contributed by atoms with Crippen molar-refractivity contribution in [3.63, 3.8) is 0 Å². The summed E-state index contributed by atoms with van der Waals surface area (Å²) in [6.45, 7) is 6.59. The average molecular weight is 234 g/mol. The number of aryl methyl sites for hydroxylation is 1. The van der Waals surface area contributed by atoms with Crippen LogP contribution in [0.2, 0.25) is 0 Å². The molecule has 0 aliphatic rings. The Hall–Kier alpha value is -0.157. The third-order valence-electron chi connectivity index (χ3n) is 1.76. The first-order valence-corrected chi connectivity index (χ1v) is 4.73. The summed E-state index contributed by atoms with van der Waals surface area (Å²) in [6.07, 6.45) is 0. The second-order valence-corrected chi connectivity index (χ2v) is 4.10. The van der Waals surface area contributed by atoms with Crippen LogP contribution in [-0.4, -0.2) is 0 Å². The topological polar surface area (TPSA) is 0 Å². The molecule has 0 bridgehead atoms. The van der Waals surface area contributed by atoms with E-state index < -0.39 is 0 Å². The Morgan fingerprint density at radius 1 is 1.27 bits per heavy atom. The molecule has 0 aliphatic heterocycles. The molecule has 1 heteroatoms. The van der Waals surface area contributed by atoms with Gasteiger partial charge >= 0.3 is 78.5 Å². The Labute approximate surface area is 78.7 Å². The van der Waals surface area contributed by atoms with Gasteiger partial charge in [0.15, 0.2) is 0 Å². The number of hydrogen-bond donors (Lipinski definition) is 0. The van der Waals surface area contributed by atoms with E-state index in [9.17, 15) is 0 Å². The van der Waals surface area contributed by atoms with Gasteiger partial charge < -0.3 is 0 Å². The van der Waals surface area contributed by atoms with Crippen molar-refractivity contribution in [3.8, 4) is 0 Å². The molecule has 0 saturated heterocycles. The molecule has 0 saturated carbocycles. The van der Waals surface area contributed by atoms with Crippen molar-refractivity contribution < 1.29 is 18.3 Å². The molecule has 0 fully saturated rings. The molecular weight excluding hydrogens is 221 g/mol. The SMILES string of the molecule is Cc1cc[c]([Ru])c(C(C)C)c1. The van der Waals surface area contributed by atoms with Crippen molar-refractivity contribution in [2.45, 2.75) is 26.7 Å². The molecule has 1 rings (SSSR count). The van der Waals surface area contributed by atoms with Crippen LogP contribution in [0.4, 0.5) is 0 Å². The molecule has 0 amide bonds. The zero-order chi connectivity index (χ0) is 8.43. The van der Waals surface area contributed by atoms with Crippen LogP contribution in [0.25, 0.3) is 0 Å². The number of rotatable bonds is 1. The van der Waals surface area contributed by atoms with Crippen LogP contribution in [-0.2, 0) is 18.3 Å². The van der Waals surface area contributed by atoms with Gasteiger partial charge in [0.2, 0.25) is 0 Å². The summed E-state index contributed by atoms with van der Waals surface area (Å²) in [6, 6.07) is 6.58. The second kappa shape index (κ2) is 3.49.